The van der Waals surface area contributed by atoms with Crippen LogP contribution in [0.5, 0.6) is 0 Å². The Kier molecular flexibility index (Phi) is 10.9. The minimum absolute atomic E-state index is 1.18. The van der Waals surface area contributed by atoms with Crippen LogP contribution in [0.15, 0.2) is 243 Å². The van der Waals surface area contributed by atoms with Gasteiger partial charge in [0.1, 0.15) is 0 Å². The topological polar surface area (TPSA) is 0 Å². The zero-order valence-electron chi connectivity index (χ0n) is 34.4. The van der Waals surface area contributed by atoms with Crippen LogP contribution in [0.2, 0.25) is 0 Å². The lowest BCUT2D eigenvalue weighted by Crippen LogP contribution is -1.88. The van der Waals surface area contributed by atoms with Crippen molar-refractivity contribution in [3.8, 4) is 22.3 Å². The molecule has 0 aliphatic rings. The second kappa shape index (κ2) is 17.7. The normalized spacial score (nSPS) is 11.2. The summed E-state index contributed by atoms with van der Waals surface area (Å²) in [6.07, 6.45) is 8.99. The molecule has 0 heterocycles. The molecule has 0 atom stereocenters. The molecule has 0 aromatic heterocycles. The van der Waals surface area contributed by atoms with Gasteiger partial charge in [0.05, 0.1) is 0 Å². The number of hydrogen-bond donors (Lipinski definition) is 0. The number of fused-ring (bicyclic) bond motifs is 2. The Bertz CT molecular complexity index is 2900. The van der Waals surface area contributed by atoms with E-state index in [1.54, 1.807) is 0 Å². The second-order valence-corrected chi connectivity index (χ2v) is 15.8. The van der Waals surface area contributed by atoms with E-state index in [1.165, 1.54) is 99.5 Å². The van der Waals surface area contributed by atoms with Crippen molar-refractivity contribution in [3.63, 3.8) is 0 Å². The maximum Gasteiger partial charge on any atom is -0.0105 e. The van der Waals surface area contributed by atoms with Gasteiger partial charge in [-0.15, -0.1) is 0 Å². The minimum Gasteiger partial charge on any atom is -0.0622 e. The maximum atomic E-state index is 2.30. The van der Waals surface area contributed by atoms with Crippen molar-refractivity contribution in [2.75, 3.05) is 0 Å². The van der Waals surface area contributed by atoms with E-state index in [0.717, 1.165) is 0 Å². The van der Waals surface area contributed by atoms with Gasteiger partial charge in [0.15, 0.2) is 0 Å². The highest BCUT2D eigenvalue weighted by atomic mass is 14.1. The first-order valence-corrected chi connectivity index (χ1v) is 21.3. The monoisotopic (exact) mass is 788 g/mol. The molecule has 0 saturated heterocycles. The Morgan fingerprint density at radius 2 is 0.500 bits per heavy atom. The van der Waals surface area contributed by atoms with Crippen LogP contribution in [0, 0.1) is 0 Å². The summed E-state index contributed by atoms with van der Waals surface area (Å²) in [6, 6.07) is 87.2. The van der Waals surface area contributed by atoms with Crippen LogP contribution in [0.1, 0.15) is 44.5 Å². The van der Waals surface area contributed by atoms with Gasteiger partial charge in [-0.2, -0.15) is 0 Å². The standard InChI is InChI=1S/C62H44/c1-5-13-51(14-6-1)61(52-15-7-2-8-16-52)41-47-23-29-49(30-24-47)57-37-35-55-39-45(27-33-59(55)43-57)21-22-46-28-34-60-44-58(38-36-56(60)40-46)50-31-25-48(26-32-50)42-62(53-17-9-3-10-18-53)54-19-11-4-12-20-54/h1-44H. The van der Waals surface area contributed by atoms with Crippen LogP contribution >= 0.6 is 0 Å². The predicted molar refractivity (Wildman–Crippen MR) is 267 cm³/mol. The third-order valence-corrected chi connectivity index (χ3v) is 11.6. The highest BCUT2D eigenvalue weighted by Gasteiger charge is 2.08. The van der Waals surface area contributed by atoms with Gasteiger partial charge in [-0.3, -0.25) is 0 Å². The van der Waals surface area contributed by atoms with Gasteiger partial charge >= 0.3 is 0 Å². The molecule has 0 N–H and O–H groups in total. The fourth-order valence-electron chi connectivity index (χ4n) is 8.30. The largest absolute Gasteiger partial charge is 0.0622 e. The molecule has 10 aromatic carbocycles. The quantitative estimate of drug-likeness (QED) is 0.121. The van der Waals surface area contributed by atoms with E-state index in [1.807, 2.05) is 0 Å². The molecule has 0 aliphatic heterocycles. The Morgan fingerprint density at radius 1 is 0.226 bits per heavy atom. The number of benzene rings is 10. The molecule has 10 aromatic rings. The van der Waals surface area contributed by atoms with E-state index in [0.29, 0.717) is 0 Å². The van der Waals surface area contributed by atoms with Gasteiger partial charge in [0.2, 0.25) is 0 Å². The Labute approximate surface area is 364 Å². The third kappa shape index (κ3) is 8.63. The molecule has 0 bridgehead atoms. The summed E-state index contributed by atoms with van der Waals surface area (Å²) in [5, 5.41) is 4.93. The van der Waals surface area contributed by atoms with Crippen molar-refractivity contribution in [2.45, 2.75) is 0 Å². The van der Waals surface area contributed by atoms with Gasteiger partial charge in [-0.1, -0.05) is 231 Å². The van der Waals surface area contributed by atoms with Crippen LogP contribution < -0.4 is 0 Å². The molecule has 62 heavy (non-hydrogen) atoms. The summed E-state index contributed by atoms with van der Waals surface area (Å²) in [6.45, 7) is 0. The Morgan fingerprint density at radius 3 is 0.839 bits per heavy atom. The summed E-state index contributed by atoms with van der Waals surface area (Å²) in [5.41, 5.74) is 16.8. The van der Waals surface area contributed by atoms with Crippen LogP contribution in [-0.2, 0) is 0 Å². The second-order valence-electron chi connectivity index (χ2n) is 15.8. The van der Waals surface area contributed by atoms with Gasteiger partial charge in [-0.25, -0.2) is 0 Å². The lowest BCUT2D eigenvalue weighted by Gasteiger charge is -2.10. The molecule has 0 amide bonds. The first-order valence-electron chi connectivity index (χ1n) is 21.3. The summed E-state index contributed by atoms with van der Waals surface area (Å²) in [5.74, 6) is 0. The van der Waals surface area contributed by atoms with E-state index in [4.69, 9.17) is 0 Å². The van der Waals surface area contributed by atoms with Crippen molar-refractivity contribution in [1.82, 2.24) is 0 Å². The van der Waals surface area contributed by atoms with Gasteiger partial charge in [0.25, 0.3) is 0 Å². The molecule has 0 heteroatoms. The molecule has 0 radical (unpaired) electrons. The van der Waals surface area contributed by atoms with E-state index in [9.17, 15) is 0 Å². The average Bonchev–Trinajstić information content (AvgIpc) is 3.35. The van der Waals surface area contributed by atoms with Crippen molar-refractivity contribution in [3.05, 3.63) is 287 Å². The molecule has 10 rings (SSSR count). The van der Waals surface area contributed by atoms with Crippen LogP contribution in [0.4, 0.5) is 0 Å². The van der Waals surface area contributed by atoms with E-state index < -0.39 is 0 Å². The molecular formula is C62H44. The first kappa shape index (κ1) is 38.2. The smallest absolute Gasteiger partial charge is 0.0105 e. The van der Waals surface area contributed by atoms with Crippen LogP contribution in [0.25, 0.3) is 79.2 Å². The molecule has 0 nitrogen and oxygen atoms in total. The molecule has 0 unspecified atom stereocenters. The van der Waals surface area contributed by atoms with Crippen molar-refractivity contribution in [1.29, 1.82) is 0 Å². The molecule has 0 spiro atoms. The van der Waals surface area contributed by atoms with E-state index in [-0.39, 0.29) is 0 Å². The Hall–Kier alpha value is -8.06. The molecule has 0 fully saturated rings. The van der Waals surface area contributed by atoms with Crippen molar-refractivity contribution >= 4 is 57.0 Å². The lowest BCUT2D eigenvalue weighted by atomic mass is 9.94. The zero-order valence-corrected chi connectivity index (χ0v) is 34.4. The van der Waals surface area contributed by atoms with E-state index >= 15 is 0 Å². The molecular weight excluding hydrogens is 745 g/mol. The fourth-order valence-corrected chi connectivity index (χ4v) is 8.30. The maximum absolute atomic E-state index is 2.30. The summed E-state index contributed by atoms with van der Waals surface area (Å²) < 4.78 is 0. The average molecular weight is 789 g/mol. The zero-order chi connectivity index (χ0) is 41.5. The van der Waals surface area contributed by atoms with Gasteiger partial charge in [0, 0.05) is 0 Å². The molecule has 0 saturated carbocycles. The van der Waals surface area contributed by atoms with Crippen molar-refractivity contribution < 1.29 is 0 Å². The number of hydrogen-bond acceptors (Lipinski definition) is 0. The van der Waals surface area contributed by atoms with Crippen LogP contribution in [0.3, 0.4) is 0 Å². The van der Waals surface area contributed by atoms with Gasteiger partial charge < -0.3 is 0 Å². The highest BCUT2D eigenvalue weighted by molar-refractivity contribution is 5.95. The third-order valence-electron chi connectivity index (χ3n) is 11.6. The molecule has 292 valence electrons. The SMILES string of the molecule is C(=Cc1ccc2cc(-c3ccc(C=C(c4ccccc4)c4ccccc4)cc3)ccc2c1)c1ccc2cc(-c3ccc(C=C(c4ccccc4)c4ccccc4)cc3)ccc2c1. The summed E-state index contributed by atoms with van der Waals surface area (Å²) in [7, 11) is 0. The number of rotatable bonds is 10. The highest BCUT2D eigenvalue weighted by Crippen LogP contribution is 2.32. The first-order chi connectivity index (χ1) is 30.7. The van der Waals surface area contributed by atoms with Gasteiger partial charge in [-0.05, 0) is 136 Å². The fraction of sp³-hybridized carbons (Fsp3) is 0. The minimum atomic E-state index is 1.18. The molecule has 0 aliphatic carbocycles. The van der Waals surface area contributed by atoms with Crippen LogP contribution in [-0.4, -0.2) is 0 Å². The summed E-state index contributed by atoms with van der Waals surface area (Å²) >= 11 is 0. The Balaban J connectivity index is 0.827. The lowest BCUT2D eigenvalue weighted by molar-refractivity contribution is 1.55. The van der Waals surface area contributed by atoms with Crippen molar-refractivity contribution in [2.24, 2.45) is 0 Å². The predicted octanol–water partition coefficient (Wildman–Crippen LogP) is 16.7. The van der Waals surface area contributed by atoms with E-state index in [2.05, 4.69) is 267 Å². The summed E-state index contributed by atoms with van der Waals surface area (Å²) in [4.78, 5) is 0.